The number of rotatable bonds is 0. The van der Waals surface area contributed by atoms with E-state index in [1.54, 1.807) is 32.1 Å². The second-order valence-corrected chi connectivity index (χ2v) is 22.9. The van der Waals surface area contributed by atoms with Crippen LogP contribution < -0.4 is 0 Å². The minimum Gasteiger partial charge on any atom is -0.149 e. The van der Waals surface area contributed by atoms with Gasteiger partial charge in [0.2, 0.25) is 0 Å². The highest BCUT2D eigenvalue weighted by Gasteiger charge is 2.91. The van der Waals surface area contributed by atoms with Crippen molar-refractivity contribution in [3.8, 4) is 0 Å². The largest absolute Gasteiger partial charge is 0.149 e. The van der Waals surface area contributed by atoms with Crippen molar-refractivity contribution in [2.24, 2.45) is 153 Å². The van der Waals surface area contributed by atoms with Crippen molar-refractivity contribution < 1.29 is 0 Å². The molecule has 0 N–H and O–H groups in total. The molecule has 0 aromatic carbocycles. The fraction of sp³-hybridized carbons (Fsp3) is 0.739. The Morgan fingerprint density at radius 2 is 1.40 bits per heavy atom. The first-order valence-corrected chi connectivity index (χ1v) is 22.1. The van der Waals surface area contributed by atoms with Gasteiger partial charge in [0.25, 0.3) is 0 Å². The van der Waals surface area contributed by atoms with Gasteiger partial charge in [-0.25, -0.2) is 0 Å². The van der Waals surface area contributed by atoms with Gasteiger partial charge in [0.1, 0.15) is 0 Å². The van der Waals surface area contributed by atoms with Gasteiger partial charge in [0.05, 0.1) is 0 Å². The molecule has 236 valence electrons. The molecule has 1 aromatic rings. The lowest BCUT2D eigenvalue weighted by Gasteiger charge is -2.72. The van der Waals surface area contributed by atoms with Crippen molar-refractivity contribution in [1.29, 1.82) is 0 Å². The van der Waals surface area contributed by atoms with Crippen LogP contribution in [-0.4, -0.2) is 0 Å². The van der Waals surface area contributed by atoms with E-state index in [0.29, 0.717) is 10.8 Å². The third-order valence-corrected chi connectivity index (χ3v) is 24.2. The van der Waals surface area contributed by atoms with Crippen molar-refractivity contribution in [3.05, 3.63) is 68.5 Å². The van der Waals surface area contributed by atoms with Gasteiger partial charge in [-0.05, 0) is 210 Å². The molecule has 0 nitrogen and oxygen atoms in total. The molecule has 1 aromatic heterocycles. The number of allylic oxidation sites excluding steroid dienone is 8. The summed E-state index contributed by atoms with van der Waals surface area (Å²) in [6.07, 6.45) is 24.3. The number of hydrogen-bond donors (Lipinski definition) is 0. The molecular weight excluding hydrogens is 585 g/mol. The third kappa shape index (κ3) is 1.73. The fourth-order valence-electron chi connectivity index (χ4n) is 24.5. The highest BCUT2D eigenvalue weighted by molar-refractivity contribution is 7.10. The summed E-state index contributed by atoms with van der Waals surface area (Å²) in [5.74, 6) is 24.8. The smallest absolute Gasteiger partial charge is 0.00865 e. The summed E-state index contributed by atoms with van der Waals surface area (Å²) in [7, 11) is 0. The fourth-order valence-corrected chi connectivity index (χ4v) is 25.5. The van der Waals surface area contributed by atoms with E-state index in [9.17, 15) is 0 Å². The van der Waals surface area contributed by atoms with E-state index in [1.807, 2.05) is 10.4 Å². The summed E-state index contributed by atoms with van der Waals surface area (Å²) in [6, 6.07) is 2.68. The second-order valence-electron chi connectivity index (χ2n) is 21.9. The molecule has 11 fully saturated rings. The van der Waals surface area contributed by atoms with Gasteiger partial charge in [0.15, 0.2) is 0 Å². The molecule has 1 heteroatoms. The normalized spacial score (nSPS) is 73.1. The van der Waals surface area contributed by atoms with Crippen molar-refractivity contribution in [2.75, 3.05) is 0 Å². The maximum absolute atomic E-state index is 2.96. The van der Waals surface area contributed by atoms with Gasteiger partial charge < -0.3 is 0 Å². The molecule has 26 unspecified atom stereocenters. The lowest BCUT2D eigenvalue weighted by atomic mass is 9.31. The Kier molecular flexibility index (Phi) is 3.14. The van der Waals surface area contributed by atoms with Gasteiger partial charge >= 0.3 is 0 Å². The lowest BCUT2D eigenvalue weighted by molar-refractivity contribution is -0.224. The first-order valence-electron chi connectivity index (χ1n) is 21.2. The SMILES string of the molecule is C1=CC2C3CCC4C5C3C3C2C2=C6C7C(C=CC8C9CCC%10=C%11CCC4C4%12Cc%13ccsc%13CC%114C4C%10C9C(C87)C7C6C3C(C74)C5%12)C12. The average Bonchev–Trinajstić information content (AvgIpc) is 3.94. The third-order valence-electron chi connectivity index (χ3n) is 23.3. The van der Waals surface area contributed by atoms with Crippen molar-refractivity contribution in [2.45, 2.75) is 51.4 Å². The Hall–Kier alpha value is -1.34. The van der Waals surface area contributed by atoms with Gasteiger partial charge in [-0.15, -0.1) is 11.3 Å². The van der Waals surface area contributed by atoms with Gasteiger partial charge in [-0.2, -0.15) is 0 Å². The summed E-state index contributed by atoms with van der Waals surface area (Å²) < 4.78 is 0. The molecular formula is C46H46S. The molecule has 17 aliphatic rings. The Morgan fingerprint density at radius 1 is 0.574 bits per heavy atom. The number of fused-ring (bicyclic) bond motifs is 5. The maximum atomic E-state index is 2.96. The van der Waals surface area contributed by atoms with Crippen molar-refractivity contribution in [3.63, 3.8) is 0 Å². The van der Waals surface area contributed by atoms with Crippen LogP contribution in [0, 0.1) is 153 Å². The van der Waals surface area contributed by atoms with Gasteiger partial charge in [0, 0.05) is 16.2 Å². The highest BCUT2D eigenvalue weighted by Crippen LogP contribution is 2.95. The van der Waals surface area contributed by atoms with Crippen LogP contribution in [0.4, 0.5) is 0 Å². The van der Waals surface area contributed by atoms with Gasteiger partial charge in [-0.3, -0.25) is 0 Å². The van der Waals surface area contributed by atoms with E-state index in [1.165, 1.54) is 19.3 Å². The molecule has 0 saturated heterocycles. The molecule has 0 aliphatic heterocycles. The molecule has 11 saturated carbocycles. The summed E-state index contributed by atoms with van der Waals surface area (Å²) in [5, 5.41) is 2.56. The van der Waals surface area contributed by atoms with Crippen molar-refractivity contribution in [1.82, 2.24) is 0 Å². The Bertz CT molecular complexity index is 2020. The van der Waals surface area contributed by atoms with Crippen LogP contribution in [0.3, 0.4) is 0 Å². The van der Waals surface area contributed by atoms with E-state index in [2.05, 4.69) is 69.4 Å². The Morgan fingerprint density at radius 3 is 2.40 bits per heavy atom. The molecule has 17 aliphatic carbocycles. The van der Waals surface area contributed by atoms with Gasteiger partial charge in [-0.1, -0.05) is 46.6 Å². The minimum absolute atomic E-state index is 0.569. The molecule has 0 bridgehead atoms. The quantitative estimate of drug-likeness (QED) is 0.251. The monoisotopic (exact) mass is 630 g/mol. The van der Waals surface area contributed by atoms with Crippen LogP contribution >= 0.6 is 11.3 Å². The standard InChI is InChI=1S/C46H46S/c1-3-18-20-5-7-22-24-9-10-25-23-8-6-21-19-4-2-17-16(1)27-29(18)36-31(20)33(22)43-41-39(36)38-35(27)28(17)30(19)37-32(21)34(23)44(42(41)40(37)38)46(25)14-26-15(11-12-47-26)13-45(24,43)46/h1-4,11-12,16-22,24,28-34,36-44H,5-10,13-14H2. The number of hydrogen-bond acceptors (Lipinski definition) is 1. The van der Waals surface area contributed by atoms with E-state index in [0.717, 1.165) is 142 Å². The summed E-state index contributed by atoms with van der Waals surface area (Å²) >= 11 is 2.21. The van der Waals surface area contributed by atoms with E-state index >= 15 is 0 Å². The summed E-state index contributed by atoms with van der Waals surface area (Å²) in [5.41, 5.74) is 12.0. The average molecular weight is 631 g/mol. The van der Waals surface area contributed by atoms with Crippen LogP contribution in [0.5, 0.6) is 0 Å². The molecule has 0 radical (unpaired) electrons. The number of thiophene rings is 1. The molecule has 26 atom stereocenters. The summed E-state index contributed by atoms with van der Waals surface area (Å²) in [4.78, 5) is 1.89. The Balaban J connectivity index is 1.06. The predicted molar refractivity (Wildman–Crippen MR) is 180 cm³/mol. The molecule has 2 spiro atoms. The minimum atomic E-state index is 0.569. The topological polar surface area (TPSA) is 0 Å². The van der Waals surface area contributed by atoms with Crippen LogP contribution in [0.15, 0.2) is 58.0 Å². The van der Waals surface area contributed by atoms with Crippen LogP contribution in [0.25, 0.3) is 0 Å². The molecule has 47 heavy (non-hydrogen) atoms. The van der Waals surface area contributed by atoms with E-state index in [-0.39, 0.29) is 0 Å². The first kappa shape index (κ1) is 23.2. The highest BCUT2D eigenvalue weighted by atomic mass is 32.1. The van der Waals surface area contributed by atoms with E-state index in [4.69, 9.17) is 0 Å². The van der Waals surface area contributed by atoms with Crippen molar-refractivity contribution >= 4 is 11.3 Å². The van der Waals surface area contributed by atoms with Crippen LogP contribution in [0.2, 0.25) is 0 Å². The second kappa shape index (κ2) is 6.36. The zero-order chi connectivity index (χ0) is 28.9. The predicted octanol–water partition coefficient (Wildman–Crippen LogP) is 8.87. The molecule has 1 heterocycles. The van der Waals surface area contributed by atoms with Crippen LogP contribution in [-0.2, 0) is 12.8 Å². The summed E-state index contributed by atoms with van der Waals surface area (Å²) in [6.45, 7) is 0. The Labute approximate surface area is 283 Å². The molecule has 18 rings (SSSR count). The van der Waals surface area contributed by atoms with Crippen LogP contribution in [0.1, 0.15) is 49.0 Å². The van der Waals surface area contributed by atoms with E-state index < -0.39 is 0 Å². The first-order chi connectivity index (χ1) is 23.3. The molecule has 0 amide bonds. The zero-order valence-electron chi connectivity index (χ0n) is 27.4. The maximum Gasteiger partial charge on any atom is 0.00865 e. The lowest BCUT2D eigenvalue weighted by Crippen LogP contribution is -2.69. The zero-order valence-corrected chi connectivity index (χ0v) is 28.2.